The van der Waals surface area contributed by atoms with E-state index in [1.54, 1.807) is 0 Å². The second-order valence-corrected chi connectivity index (χ2v) is 7.55. The molecule has 0 radical (unpaired) electrons. The van der Waals surface area contributed by atoms with Crippen LogP contribution in [0.5, 0.6) is 0 Å². The summed E-state index contributed by atoms with van der Waals surface area (Å²) in [6, 6.07) is 0.692. The van der Waals surface area contributed by atoms with Gasteiger partial charge in [0.1, 0.15) is 0 Å². The molecule has 21 heavy (non-hydrogen) atoms. The first kappa shape index (κ1) is 16.8. The van der Waals surface area contributed by atoms with Gasteiger partial charge in [-0.05, 0) is 38.5 Å². The molecule has 0 saturated heterocycles. The van der Waals surface area contributed by atoms with Gasteiger partial charge in [0.15, 0.2) is 5.13 Å². The van der Waals surface area contributed by atoms with Gasteiger partial charge in [-0.15, -0.1) is 11.3 Å². The zero-order chi connectivity index (χ0) is 15.2. The van der Waals surface area contributed by atoms with Gasteiger partial charge < -0.3 is 10.2 Å². The molecular formula is C17H31N3S. The third-order valence-corrected chi connectivity index (χ3v) is 5.85. The SMILES string of the molecule is CCN(CC)c1ncc(CNC2CCCCC2C(C)C)s1. The Hall–Kier alpha value is -0.610. The lowest BCUT2D eigenvalue weighted by Gasteiger charge is -2.35. The van der Waals surface area contributed by atoms with E-state index >= 15 is 0 Å². The summed E-state index contributed by atoms with van der Waals surface area (Å²) >= 11 is 1.84. The van der Waals surface area contributed by atoms with Crippen molar-refractivity contribution in [2.75, 3.05) is 18.0 Å². The number of hydrogen-bond donors (Lipinski definition) is 1. The highest BCUT2D eigenvalue weighted by atomic mass is 32.1. The summed E-state index contributed by atoms with van der Waals surface area (Å²) in [6.07, 6.45) is 7.58. The number of thiazole rings is 1. The van der Waals surface area contributed by atoms with Gasteiger partial charge in [-0.25, -0.2) is 4.98 Å². The molecule has 0 spiro atoms. The second-order valence-electron chi connectivity index (χ2n) is 6.46. The molecule has 1 aromatic rings. The standard InChI is InChI=1S/C17H31N3S/c1-5-20(6-2)17-19-12-14(21-17)11-18-16-10-8-7-9-15(16)13(3)4/h12-13,15-16,18H,5-11H2,1-4H3. The average molecular weight is 310 g/mol. The van der Waals surface area contributed by atoms with E-state index in [4.69, 9.17) is 0 Å². The van der Waals surface area contributed by atoms with Gasteiger partial charge in [0.05, 0.1) is 0 Å². The fourth-order valence-electron chi connectivity index (χ4n) is 3.46. The average Bonchev–Trinajstić information content (AvgIpc) is 2.95. The molecule has 3 nitrogen and oxygen atoms in total. The predicted octanol–water partition coefficient (Wildman–Crippen LogP) is 4.29. The maximum Gasteiger partial charge on any atom is 0.185 e. The topological polar surface area (TPSA) is 28.2 Å². The molecule has 0 bridgehead atoms. The highest BCUT2D eigenvalue weighted by Gasteiger charge is 2.27. The van der Waals surface area contributed by atoms with E-state index in [-0.39, 0.29) is 0 Å². The third-order valence-electron chi connectivity index (χ3n) is 4.79. The van der Waals surface area contributed by atoms with E-state index in [2.05, 4.69) is 49.1 Å². The van der Waals surface area contributed by atoms with Crippen molar-refractivity contribution in [3.8, 4) is 0 Å². The molecular weight excluding hydrogens is 278 g/mol. The quantitative estimate of drug-likeness (QED) is 0.814. The van der Waals surface area contributed by atoms with Crippen molar-refractivity contribution >= 4 is 16.5 Å². The first-order valence-electron chi connectivity index (χ1n) is 8.58. The van der Waals surface area contributed by atoms with E-state index in [1.165, 1.54) is 35.7 Å². The minimum Gasteiger partial charge on any atom is -0.349 e. The van der Waals surface area contributed by atoms with Crippen LogP contribution in [0.2, 0.25) is 0 Å². The first-order valence-corrected chi connectivity index (χ1v) is 9.40. The monoisotopic (exact) mass is 309 g/mol. The van der Waals surface area contributed by atoms with Crippen molar-refractivity contribution in [3.05, 3.63) is 11.1 Å². The fourth-order valence-corrected chi connectivity index (χ4v) is 4.45. The zero-order valence-electron chi connectivity index (χ0n) is 14.1. The first-order chi connectivity index (χ1) is 10.2. The summed E-state index contributed by atoms with van der Waals surface area (Å²) in [7, 11) is 0. The van der Waals surface area contributed by atoms with Crippen LogP contribution >= 0.6 is 11.3 Å². The molecule has 1 aromatic heterocycles. The van der Waals surface area contributed by atoms with Crippen LogP contribution in [0.15, 0.2) is 6.20 Å². The lowest BCUT2D eigenvalue weighted by Crippen LogP contribution is -2.40. The van der Waals surface area contributed by atoms with E-state index < -0.39 is 0 Å². The van der Waals surface area contributed by atoms with Crippen molar-refractivity contribution in [1.82, 2.24) is 10.3 Å². The Bertz CT molecular complexity index is 412. The minimum atomic E-state index is 0.692. The highest BCUT2D eigenvalue weighted by Crippen LogP contribution is 2.31. The fraction of sp³-hybridized carbons (Fsp3) is 0.824. The number of hydrogen-bond acceptors (Lipinski definition) is 4. The van der Waals surface area contributed by atoms with Crippen LogP contribution in [-0.4, -0.2) is 24.1 Å². The number of anilines is 1. The van der Waals surface area contributed by atoms with Crippen LogP contribution in [0, 0.1) is 11.8 Å². The van der Waals surface area contributed by atoms with Crippen molar-refractivity contribution in [2.24, 2.45) is 11.8 Å². The summed E-state index contributed by atoms with van der Waals surface area (Å²) < 4.78 is 0. The lowest BCUT2D eigenvalue weighted by molar-refractivity contribution is 0.205. The Morgan fingerprint density at radius 1 is 1.29 bits per heavy atom. The maximum atomic E-state index is 4.58. The molecule has 1 N–H and O–H groups in total. The van der Waals surface area contributed by atoms with Crippen molar-refractivity contribution in [3.63, 3.8) is 0 Å². The Morgan fingerprint density at radius 3 is 2.67 bits per heavy atom. The third kappa shape index (κ3) is 4.43. The summed E-state index contributed by atoms with van der Waals surface area (Å²) in [5.41, 5.74) is 0. The van der Waals surface area contributed by atoms with Gasteiger partial charge in [0.2, 0.25) is 0 Å². The van der Waals surface area contributed by atoms with Gasteiger partial charge in [-0.2, -0.15) is 0 Å². The Labute approximate surface area is 134 Å². The second kappa shape index (κ2) is 8.14. The van der Waals surface area contributed by atoms with Crippen molar-refractivity contribution in [2.45, 2.75) is 66.0 Å². The molecule has 1 fully saturated rings. The molecule has 4 heteroatoms. The smallest absolute Gasteiger partial charge is 0.185 e. The van der Waals surface area contributed by atoms with Crippen molar-refractivity contribution in [1.29, 1.82) is 0 Å². The van der Waals surface area contributed by atoms with Crippen LogP contribution in [0.1, 0.15) is 58.3 Å². The summed E-state index contributed by atoms with van der Waals surface area (Å²) in [6.45, 7) is 12.2. The molecule has 120 valence electrons. The van der Waals surface area contributed by atoms with Crippen LogP contribution in [0.25, 0.3) is 0 Å². The Balaban J connectivity index is 1.90. The van der Waals surface area contributed by atoms with Gasteiger partial charge in [0.25, 0.3) is 0 Å². The Morgan fingerprint density at radius 2 is 2.00 bits per heavy atom. The minimum absolute atomic E-state index is 0.692. The molecule has 0 amide bonds. The molecule has 2 unspecified atom stereocenters. The van der Waals surface area contributed by atoms with Gasteiger partial charge in [-0.1, -0.05) is 26.7 Å². The number of aromatic nitrogens is 1. The zero-order valence-corrected chi connectivity index (χ0v) is 14.9. The number of nitrogens with one attached hydrogen (secondary N) is 1. The van der Waals surface area contributed by atoms with Crippen LogP contribution in [0.4, 0.5) is 5.13 Å². The molecule has 0 aliphatic heterocycles. The molecule has 2 rings (SSSR count). The van der Waals surface area contributed by atoms with Gasteiger partial charge in [-0.3, -0.25) is 0 Å². The molecule has 2 atom stereocenters. The van der Waals surface area contributed by atoms with Crippen LogP contribution < -0.4 is 10.2 Å². The van der Waals surface area contributed by atoms with Gasteiger partial charge >= 0.3 is 0 Å². The molecule has 0 aromatic carbocycles. The summed E-state index contributed by atoms with van der Waals surface area (Å²) in [4.78, 5) is 8.27. The molecule has 1 saturated carbocycles. The van der Waals surface area contributed by atoms with E-state index in [1.807, 2.05) is 11.3 Å². The van der Waals surface area contributed by atoms with Crippen LogP contribution in [0.3, 0.4) is 0 Å². The molecule has 1 heterocycles. The predicted molar refractivity (Wildman–Crippen MR) is 93.1 cm³/mol. The normalized spacial score (nSPS) is 22.7. The summed E-state index contributed by atoms with van der Waals surface area (Å²) in [5, 5.41) is 4.98. The summed E-state index contributed by atoms with van der Waals surface area (Å²) in [5.74, 6) is 1.63. The molecule has 1 aliphatic rings. The Kier molecular flexibility index (Phi) is 6.49. The van der Waals surface area contributed by atoms with Gasteiger partial charge in [0, 0.05) is 36.8 Å². The van der Waals surface area contributed by atoms with E-state index in [0.717, 1.165) is 31.5 Å². The highest BCUT2D eigenvalue weighted by molar-refractivity contribution is 7.15. The van der Waals surface area contributed by atoms with E-state index in [9.17, 15) is 0 Å². The largest absolute Gasteiger partial charge is 0.349 e. The molecule has 1 aliphatic carbocycles. The van der Waals surface area contributed by atoms with Crippen molar-refractivity contribution < 1.29 is 0 Å². The number of nitrogens with zero attached hydrogens (tertiary/aromatic N) is 2. The maximum absolute atomic E-state index is 4.58. The number of rotatable bonds is 7. The lowest BCUT2D eigenvalue weighted by atomic mass is 9.78. The van der Waals surface area contributed by atoms with E-state index in [0.29, 0.717) is 6.04 Å². The van der Waals surface area contributed by atoms with Crippen LogP contribution in [-0.2, 0) is 6.54 Å².